The molecule has 0 spiro atoms. The smallest absolute Gasteiger partial charge is 0.196 e. The zero-order valence-corrected chi connectivity index (χ0v) is 16.5. The molecule has 27 heavy (non-hydrogen) atoms. The van der Waals surface area contributed by atoms with Gasteiger partial charge in [0.1, 0.15) is 0 Å². The van der Waals surface area contributed by atoms with E-state index in [2.05, 4.69) is 29.2 Å². The van der Waals surface area contributed by atoms with Crippen LogP contribution >= 0.6 is 22.9 Å². The number of halogens is 1. The van der Waals surface area contributed by atoms with Crippen LogP contribution in [-0.4, -0.2) is 23.8 Å². The Labute approximate surface area is 168 Å². The van der Waals surface area contributed by atoms with Crippen molar-refractivity contribution < 1.29 is 4.79 Å². The molecule has 4 rings (SSSR count). The molecule has 0 saturated heterocycles. The second-order valence-corrected chi connectivity index (χ2v) is 8.41. The summed E-state index contributed by atoms with van der Waals surface area (Å²) in [5.74, 6) is -0.000553. The summed E-state index contributed by atoms with van der Waals surface area (Å²) in [6.07, 6.45) is 1.90. The molecule has 3 nitrogen and oxygen atoms in total. The zero-order valence-electron chi connectivity index (χ0n) is 15.0. The molecule has 0 amide bonds. The summed E-state index contributed by atoms with van der Waals surface area (Å²) in [7, 11) is 0. The van der Waals surface area contributed by atoms with E-state index in [9.17, 15) is 4.79 Å². The van der Waals surface area contributed by atoms with Crippen LogP contribution in [0.3, 0.4) is 0 Å². The van der Waals surface area contributed by atoms with Gasteiger partial charge in [-0.05, 0) is 48.2 Å². The number of benzene rings is 2. The second kappa shape index (κ2) is 7.85. The first-order valence-corrected chi connectivity index (χ1v) is 10.3. The first kappa shape index (κ1) is 18.2. The Morgan fingerprint density at radius 2 is 1.85 bits per heavy atom. The van der Waals surface area contributed by atoms with Crippen LogP contribution in [0.2, 0.25) is 5.02 Å². The minimum atomic E-state index is -0.000553. The molecule has 3 aromatic rings. The van der Waals surface area contributed by atoms with Crippen molar-refractivity contribution in [1.29, 1.82) is 0 Å². The van der Waals surface area contributed by atoms with Gasteiger partial charge in [0.15, 0.2) is 5.78 Å². The summed E-state index contributed by atoms with van der Waals surface area (Å²) in [6, 6.07) is 17.6. The molecule has 0 radical (unpaired) electrons. The number of ketones is 1. The molecule has 138 valence electrons. The number of hydrogen-bond donors (Lipinski definition) is 1. The molecule has 2 N–H and O–H groups in total. The number of carbonyl (C=O) groups excluding carboxylic acids is 1. The molecule has 1 aromatic heterocycles. The number of carbonyl (C=O) groups is 1. The highest BCUT2D eigenvalue weighted by atomic mass is 35.5. The standard InChI is InChI=1S/C22H21ClN2OS/c23-17-8-6-16(7-9-17)21(26)20-18-11-13-25(14-19(18)27-22(20)24)12-10-15-4-2-1-3-5-15/h1-9H,10-14,24H2. The predicted octanol–water partition coefficient (Wildman–Crippen LogP) is 4.82. The minimum absolute atomic E-state index is 0.000553. The van der Waals surface area contributed by atoms with E-state index in [1.54, 1.807) is 35.6 Å². The molecule has 5 heteroatoms. The third kappa shape index (κ3) is 3.93. The molecule has 0 unspecified atom stereocenters. The van der Waals surface area contributed by atoms with E-state index < -0.39 is 0 Å². The van der Waals surface area contributed by atoms with E-state index in [4.69, 9.17) is 17.3 Å². The number of anilines is 1. The fourth-order valence-corrected chi connectivity index (χ4v) is 4.88. The lowest BCUT2D eigenvalue weighted by atomic mass is 9.96. The van der Waals surface area contributed by atoms with Gasteiger partial charge >= 0.3 is 0 Å². The maximum absolute atomic E-state index is 13.0. The monoisotopic (exact) mass is 396 g/mol. The van der Waals surface area contributed by atoms with Crippen LogP contribution in [0.5, 0.6) is 0 Å². The Hall–Kier alpha value is -2.14. The Balaban J connectivity index is 1.50. The summed E-state index contributed by atoms with van der Waals surface area (Å²) in [5, 5.41) is 1.26. The highest BCUT2D eigenvalue weighted by Gasteiger charge is 2.27. The van der Waals surface area contributed by atoms with Crippen molar-refractivity contribution in [3.8, 4) is 0 Å². The second-order valence-electron chi connectivity index (χ2n) is 6.84. The number of fused-ring (bicyclic) bond motifs is 1. The molecular weight excluding hydrogens is 376 g/mol. The maximum Gasteiger partial charge on any atom is 0.196 e. The van der Waals surface area contributed by atoms with Gasteiger partial charge in [0.25, 0.3) is 0 Å². The molecule has 1 aliphatic heterocycles. The number of nitrogens with zero attached hydrogens (tertiary/aromatic N) is 1. The van der Waals surface area contributed by atoms with Crippen LogP contribution in [0.25, 0.3) is 0 Å². The summed E-state index contributed by atoms with van der Waals surface area (Å²) in [4.78, 5) is 16.6. The van der Waals surface area contributed by atoms with Crippen molar-refractivity contribution in [3.05, 3.63) is 86.8 Å². The average Bonchev–Trinajstić information content (AvgIpc) is 3.02. The topological polar surface area (TPSA) is 46.3 Å². The summed E-state index contributed by atoms with van der Waals surface area (Å²) >= 11 is 7.50. The third-order valence-electron chi connectivity index (χ3n) is 5.06. The largest absolute Gasteiger partial charge is 0.390 e. The van der Waals surface area contributed by atoms with Gasteiger partial charge in [-0.2, -0.15) is 0 Å². The SMILES string of the molecule is Nc1sc2c(c1C(=O)c1ccc(Cl)cc1)CCN(CCc1ccccc1)C2. The molecule has 0 aliphatic carbocycles. The number of rotatable bonds is 5. The molecular formula is C22H21ClN2OS. The van der Waals surface area contributed by atoms with Crippen LogP contribution in [-0.2, 0) is 19.4 Å². The van der Waals surface area contributed by atoms with E-state index in [-0.39, 0.29) is 5.78 Å². The van der Waals surface area contributed by atoms with Gasteiger partial charge in [-0.25, -0.2) is 0 Å². The molecule has 2 aromatic carbocycles. The molecule has 0 saturated carbocycles. The van der Waals surface area contributed by atoms with Crippen molar-refractivity contribution in [3.63, 3.8) is 0 Å². The van der Waals surface area contributed by atoms with E-state index in [0.717, 1.165) is 38.0 Å². The Morgan fingerprint density at radius 3 is 2.59 bits per heavy atom. The molecule has 0 atom stereocenters. The molecule has 0 bridgehead atoms. The summed E-state index contributed by atoms with van der Waals surface area (Å²) < 4.78 is 0. The lowest BCUT2D eigenvalue weighted by molar-refractivity contribution is 0.103. The number of nitrogen functional groups attached to an aromatic ring is 1. The number of nitrogens with two attached hydrogens (primary N) is 1. The van der Waals surface area contributed by atoms with E-state index in [1.165, 1.54) is 10.4 Å². The van der Waals surface area contributed by atoms with Gasteiger partial charge in [0, 0.05) is 35.1 Å². The first-order chi connectivity index (χ1) is 13.1. The van der Waals surface area contributed by atoms with Crippen molar-refractivity contribution in [2.75, 3.05) is 18.8 Å². The minimum Gasteiger partial charge on any atom is -0.390 e. The highest BCUT2D eigenvalue weighted by Crippen LogP contribution is 2.36. The van der Waals surface area contributed by atoms with Crippen molar-refractivity contribution in [2.45, 2.75) is 19.4 Å². The Bertz CT molecular complexity index is 950. The van der Waals surface area contributed by atoms with Crippen LogP contribution in [0.15, 0.2) is 54.6 Å². The van der Waals surface area contributed by atoms with Crippen molar-refractivity contribution >= 4 is 33.7 Å². The van der Waals surface area contributed by atoms with Crippen LogP contribution < -0.4 is 5.73 Å². The quantitative estimate of drug-likeness (QED) is 0.629. The van der Waals surface area contributed by atoms with Gasteiger partial charge in [-0.1, -0.05) is 41.9 Å². The Kier molecular flexibility index (Phi) is 5.30. The average molecular weight is 397 g/mol. The fraction of sp³-hybridized carbons (Fsp3) is 0.227. The molecule has 2 heterocycles. The third-order valence-corrected chi connectivity index (χ3v) is 6.35. The number of hydrogen-bond acceptors (Lipinski definition) is 4. The van der Waals surface area contributed by atoms with Gasteiger partial charge in [0.2, 0.25) is 0 Å². The Morgan fingerprint density at radius 1 is 1.11 bits per heavy atom. The summed E-state index contributed by atoms with van der Waals surface area (Å²) in [6.45, 7) is 2.84. The van der Waals surface area contributed by atoms with Crippen LogP contribution in [0.4, 0.5) is 5.00 Å². The van der Waals surface area contributed by atoms with E-state index in [0.29, 0.717) is 21.2 Å². The fourth-order valence-electron chi connectivity index (χ4n) is 3.59. The lowest BCUT2D eigenvalue weighted by Crippen LogP contribution is -2.32. The van der Waals surface area contributed by atoms with Gasteiger partial charge in [-0.15, -0.1) is 11.3 Å². The van der Waals surface area contributed by atoms with Crippen LogP contribution in [0.1, 0.15) is 31.9 Å². The van der Waals surface area contributed by atoms with E-state index in [1.807, 2.05) is 6.07 Å². The highest BCUT2D eigenvalue weighted by molar-refractivity contribution is 7.16. The number of thiophene rings is 1. The van der Waals surface area contributed by atoms with Gasteiger partial charge in [0.05, 0.1) is 10.6 Å². The zero-order chi connectivity index (χ0) is 18.8. The lowest BCUT2D eigenvalue weighted by Gasteiger charge is -2.27. The first-order valence-electron chi connectivity index (χ1n) is 9.08. The van der Waals surface area contributed by atoms with Gasteiger partial charge < -0.3 is 5.73 Å². The maximum atomic E-state index is 13.0. The molecule has 0 fully saturated rings. The predicted molar refractivity (Wildman–Crippen MR) is 113 cm³/mol. The summed E-state index contributed by atoms with van der Waals surface area (Å²) in [5.41, 5.74) is 10.1. The van der Waals surface area contributed by atoms with E-state index >= 15 is 0 Å². The normalized spacial score (nSPS) is 14.1. The van der Waals surface area contributed by atoms with Crippen LogP contribution in [0, 0.1) is 0 Å². The molecule has 1 aliphatic rings. The van der Waals surface area contributed by atoms with Crippen molar-refractivity contribution in [2.24, 2.45) is 0 Å². The van der Waals surface area contributed by atoms with Crippen molar-refractivity contribution in [1.82, 2.24) is 4.90 Å². The van der Waals surface area contributed by atoms with Gasteiger partial charge in [-0.3, -0.25) is 9.69 Å².